The summed E-state index contributed by atoms with van der Waals surface area (Å²) in [5.41, 5.74) is 8.97. The molecule has 8 aromatic carbocycles. The van der Waals surface area contributed by atoms with Crippen molar-refractivity contribution in [3.63, 3.8) is 0 Å². The molecule has 0 saturated heterocycles. The first-order valence-corrected chi connectivity index (χ1v) is 15.6. The lowest BCUT2D eigenvalue weighted by Gasteiger charge is -2.20. The van der Waals surface area contributed by atoms with E-state index in [1.807, 2.05) is 0 Å². The minimum absolute atomic E-state index is 0.125. The summed E-state index contributed by atoms with van der Waals surface area (Å²) < 4.78 is 6.44. The fourth-order valence-electron chi connectivity index (χ4n) is 7.08. The van der Waals surface area contributed by atoms with Crippen LogP contribution in [0, 0.1) is 0 Å². The van der Waals surface area contributed by atoms with Crippen molar-refractivity contribution in [2.75, 3.05) is 0 Å². The van der Waals surface area contributed by atoms with Gasteiger partial charge in [0.15, 0.2) is 5.58 Å². The highest BCUT2D eigenvalue weighted by Gasteiger charge is 2.19. The van der Waals surface area contributed by atoms with Gasteiger partial charge in [0, 0.05) is 5.56 Å². The number of benzene rings is 8. The molecule has 0 aliphatic carbocycles. The van der Waals surface area contributed by atoms with Crippen LogP contribution < -0.4 is 0 Å². The van der Waals surface area contributed by atoms with Crippen molar-refractivity contribution < 1.29 is 4.42 Å². The Kier molecular flexibility index (Phi) is 5.49. The van der Waals surface area contributed by atoms with Crippen LogP contribution in [-0.2, 0) is 5.41 Å². The molecule has 0 fully saturated rings. The summed E-state index contributed by atoms with van der Waals surface area (Å²) in [5, 5.41) is 9.91. The van der Waals surface area contributed by atoms with Crippen LogP contribution in [0.25, 0.3) is 87.9 Å². The van der Waals surface area contributed by atoms with Gasteiger partial charge in [-0.25, -0.2) is 4.98 Å². The van der Waals surface area contributed by atoms with E-state index in [0.29, 0.717) is 5.89 Å². The lowest BCUT2D eigenvalue weighted by Crippen LogP contribution is -2.10. The molecule has 1 heterocycles. The zero-order valence-electron chi connectivity index (χ0n) is 25.6. The van der Waals surface area contributed by atoms with Crippen molar-refractivity contribution in [3.05, 3.63) is 139 Å². The first kappa shape index (κ1) is 26.0. The molecule has 0 bridgehead atoms. The molecule has 1 aromatic heterocycles. The van der Waals surface area contributed by atoms with E-state index in [-0.39, 0.29) is 5.41 Å². The van der Waals surface area contributed by atoms with Crippen LogP contribution in [0.5, 0.6) is 0 Å². The average molecular weight is 578 g/mol. The van der Waals surface area contributed by atoms with E-state index in [0.717, 1.165) is 27.6 Å². The fourth-order valence-corrected chi connectivity index (χ4v) is 7.08. The van der Waals surface area contributed by atoms with Gasteiger partial charge in [-0.3, -0.25) is 0 Å². The zero-order chi connectivity index (χ0) is 30.3. The van der Waals surface area contributed by atoms with Gasteiger partial charge in [0.1, 0.15) is 5.52 Å². The summed E-state index contributed by atoms with van der Waals surface area (Å²) in [7, 11) is 0. The van der Waals surface area contributed by atoms with Crippen LogP contribution in [0.15, 0.2) is 138 Å². The molecule has 0 atom stereocenters. The van der Waals surface area contributed by atoms with Gasteiger partial charge < -0.3 is 4.42 Å². The first-order chi connectivity index (χ1) is 21.9. The van der Waals surface area contributed by atoms with E-state index in [9.17, 15) is 0 Å². The SMILES string of the molecule is CC(C)(C)c1ccc(-c2ccc3ccc4c(-c5nc6cc(-c7cccc8ccccc78)ccc6o5)ccc5ccc2c3c54)cc1. The predicted octanol–water partition coefficient (Wildman–Crippen LogP) is 12.2. The van der Waals surface area contributed by atoms with Gasteiger partial charge in [-0.05, 0) is 94.5 Å². The first-order valence-electron chi connectivity index (χ1n) is 15.6. The van der Waals surface area contributed by atoms with E-state index >= 15 is 0 Å². The standard InChI is InChI=1S/C43H31NO/c1-43(2,3)31-18-11-27(12-19-31)34-20-13-28-15-22-36-37(23-16-29-14-21-35(34)40(28)41(29)36)42-44-38-25-30(17-24-39(38)45-42)33-10-6-8-26-7-4-5-9-32(26)33/h4-25H,1-3H3. The van der Waals surface area contributed by atoms with Crippen molar-refractivity contribution >= 4 is 54.2 Å². The molecule has 0 N–H and O–H groups in total. The van der Waals surface area contributed by atoms with Crippen LogP contribution in [0.4, 0.5) is 0 Å². The van der Waals surface area contributed by atoms with E-state index in [1.165, 1.54) is 60.0 Å². The maximum Gasteiger partial charge on any atom is 0.227 e. The lowest BCUT2D eigenvalue weighted by atomic mass is 9.85. The minimum atomic E-state index is 0.125. The topological polar surface area (TPSA) is 26.0 Å². The molecule has 9 aromatic rings. The van der Waals surface area contributed by atoms with Crippen molar-refractivity contribution in [1.82, 2.24) is 4.98 Å². The Balaban J connectivity index is 1.20. The van der Waals surface area contributed by atoms with Crippen LogP contribution in [0.2, 0.25) is 0 Å². The summed E-state index contributed by atoms with van der Waals surface area (Å²) in [6.45, 7) is 6.78. The third-order valence-corrected chi connectivity index (χ3v) is 9.45. The van der Waals surface area contributed by atoms with Crippen molar-refractivity contribution in [1.29, 1.82) is 0 Å². The highest BCUT2D eigenvalue weighted by Crippen LogP contribution is 2.43. The number of nitrogens with zero attached hydrogens (tertiary/aromatic N) is 1. The van der Waals surface area contributed by atoms with Crippen LogP contribution in [-0.4, -0.2) is 4.98 Å². The van der Waals surface area contributed by atoms with E-state index < -0.39 is 0 Å². The molecule has 2 nitrogen and oxygen atoms in total. The third kappa shape index (κ3) is 4.06. The Morgan fingerprint density at radius 1 is 0.489 bits per heavy atom. The number of fused-ring (bicyclic) bond motifs is 2. The molecule has 45 heavy (non-hydrogen) atoms. The maximum absolute atomic E-state index is 6.44. The number of hydrogen-bond acceptors (Lipinski definition) is 2. The molecule has 214 valence electrons. The number of aromatic nitrogens is 1. The number of hydrogen-bond donors (Lipinski definition) is 0. The second-order valence-electron chi connectivity index (χ2n) is 13.2. The van der Waals surface area contributed by atoms with Crippen LogP contribution >= 0.6 is 0 Å². The summed E-state index contributed by atoms with van der Waals surface area (Å²) in [6, 6.07) is 48.3. The van der Waals surface area contributed by atoms with E-state index in [4.69, 9.17) is 9.40 Å². The van der Waals surface area contributed by atoms with Gasteiger partial charge in [0.25, 0.3) is 0 Å². The molecule has 0 aliphatic rings. The lowest BCUT2D eigenvalue weighted by molar-refractivity contribution is 0.590. The normalized spacial score (nSPS) is 12.3. The molecule has 2 heteroatoms. The monoisotopic (exact) mass is 577 g/mol. The average Bonchev–Trinajstić information content (AvgIpc) is 3.50. The molecular formula is C43H31NO. The molecule has 0 aliphatic heterocycles. The molecular weight excluding hydrogens is 546 g/mol. The number of oxazole rings is 1. The maximum atomic E-state index is 6.44. The molecule has 0 saturated carbocycles. The van der Waals surface area contributed by atoms with Gasteiger partial charge in [-0.2, -0.15) is 0 Å². The van der Waals surface area contributed by atoms with Gasteiger partial charge in [-0.1, -0.05) is 136 Å². The quantitative estimate of drug-likeness (QED) is 0.195. The van der Waals surface area contributed by atoms with Gasteiger partial charge >= 0.3 is 0 Å². The molecule has 9 rings (SSSR count). The smallest absolute Gasteiger partial charge is 0.227 e. The highest BCUT2D eigenvalue weighted by molar-refractivity contribution is 6.27. The zero-order valence-corrected chi connectivity index (χ0v) is 25.6. The fraction of sp³-hybridized carbons (Fsp3) is 0.0930. The van der Waals surface area contributed by atoms with Crippen LogP contribution in [0.3, 0.4) is 0 Å². The van der Waals surface area contributed by atoms with E-state index in [2.05, 4.69) is 154 Å². The largest absolute Gasteiger partial charge is 0.436 e. The van der Waals surface area contributed by atoms with Crippen LogP contribution in [0.1, 0.15) is 26.3 Å². The minimum Gasteiger partial charge on any atom is -0.436 e. The third-order valence-electron chi connectivity index (χ3n) is 9.45. The Labute approximate surface area is 261 Å². The van der Waals surface area contributed by atoms with Crippen molar-refractivity contribution in [2.24, 2.45) is 0 Å². The second-order valence-corrected chi connectivity index (χ2v) is 13.2. The Morgan fingerprint density at radius 3 is 1.87 bits per heavy atom. The van der Waals surface area contributed by atoms with Gasteiger partial charge in [0.2, 0.25) is 5.89 Å². The highest BCUT2D eigenvalue weighted by atomic mass is 16.3. The summed E-state index contributed by atoms with van der Waals surface area (Å²) in [4.78, 5) is 5.06. The summed E-state index contributed by atoms with van der Waals surface area (Å²) >= 11 is 0. The number of rotatable bonds is 3. The Morgan fingerprint density at radius 2 is 1.11 bits per heavy atom. The predicted molar refractivity (Wildman–Crippen MR) is 190 cm³/mol. The Bertz CT molecular complexity index is 2560. The van der Waals surface area contributed by atoms with Gasteiger partial charge in [-0.15, -0.1) is 0 Å². The van der Waals surface area contributed by atoms with Crippen molar-refractivity contribution in [2.45, 2.75) is 26.2 Å². The van der Waals surface area contributed by atoms with Gasteiger partial charge in [0.05, 0.1) is 0 Å². The summed E-state index contributed by atoms with van der Waals surface area (Å²) in [5.74, 6) is 0.649. The molecule has 0 spiro atoms. The molecule has 0 amide bonds. The van der Waals surface area contributed by atoms with E-state index in [1.54, 1.807) is 0 Å². The summed E-state index contributed by atoms with van der Waals surface area (Å²) in [6.07, 6.45) is 0. The Hall–Kier alpha value is -5.47. The second kappa shape index (κ2) is 9.51. The molecule has 0 unspecified atom stereocenters. The van der Waals surface area contributed by atoms with Crippen molar-refractivity contribution in [3.8, 4) is 33.7 Å². The molecule has 0 radical (unpaired) electrons.